The van der Waals surface area contributed by atoms with Crippen LogP contribution >= 0.6 is 0 Å². The minimum atomic E-state index is -1.15. The second-order valence-electron chi connectivity index (χ2n) is 4.28. The zero-order valence-corrected chi connectivity index (χ0v) is 11.0. The standard InChI is InChI=1S/C15H11F4NO/c1-2-20(10-4-6-12(17)14(19)8-10)15(21)9-3-5-11(16)13(18)7-9/h3-8H,2H2,1H3. The van der Waals surface area contributed by atoms with Crippen LogP contribution in [-0.4, -0.2) is 12.5 Å². The highest BCUT2D eigenvalue weighted by Gasteiger charge is 2.19. The van der Waals surface area contributed by atoms with E-state index in [1.165, 1.54) is 6.07 Å². The molecule has 2 aromatic carbocycles. The number of halogens is 4. The molecule has 0 aliphatic heterocycles. The van der Waals surface area contributed by atoms with E-state index in [0.29, 0.717) is 0 Å². The smallest absolute Gasteiger partial charge is 0.258 e. The predicted octanol–water partition coefficient (Wildman–Crippen LogP) is 3.91. The van der Waals surface area contributed by atoms with Gasteiger partial charge in [0.2, 0.25) is 0 Å². The lowest BCUT2D eigenvalue weighted by Gasteiger charge is -2.21. The van der Waals surface area contributed by atoms with E-state index in [4.69, 9.17) is 0 Å². The molecule has 0 bridgehead atoms. The number of benzene rings is 2. The lowest BCUT2D eigenvalue weighted by Crippen LogP contribution is -2.30. The third-order valence-electron chi connectivity index (χ3n) is 2.94. The van der Waals surface area contributed by atoms with E-state index in [1.54, 1.807) is 6.92 Å². The molecule has 21 heavy (non-hydrogen) atoms. The predicted molar refractivity (Wildman–Crippen MR) is 70.1 cm³/mol. The quantitative estimate of drug-likeness (QED) is 0.787. The third-order valence-corrected chi connectivity index (χ3v) is 2.94. The Hall–Kier alpha value is -2.37. The Balaban J connectivity index is 2.37. The van der Waals surface area contributed by atoms with Gasteiger partial charge in [0.15, 0.2) is 23.3 Å². The van der Waals surface area contributed by atoms with E-state index in [-0.39, 0.29) is 17.8 Å². The van der Waals surface area contributed by atoms with Crippen LogP contribution in [0.15, 0.2) is 36.4 Å². The SMILES string of the molecule is CCN(C(=O)c1ccc(F)c(F)c1)c1ccc(F)c(F)c1. The van der Waals surface area contributed by atoms with Crippen LogP contribution in [0, 0.1) is 23.3 Å². The van der Waals surface area contributed by atoms with Gasteiger partial charge in [0.25, 0.3) is 5.91 Å². The van der Waals surface area contributed by atoms with Crippen LogP contribution in [0.25, 0.3) is 0 Å². The Morgan fingerprint density at radius 3 is 2.00 bits per heavy atom. The normalized spacial score (nSPS) is 10.5. The minimum absolute atomic E-state index is 0.0829. The second kappa shape index (κ2) is 5.95. The highest BCUT2D eigenvalue weighted by atomic mass is 19.2. The van der Waals surface area contributed by atoms with Crippen LogP contribution in [0.4, 0.5) is 23.2 Å². The molecule has 1 amide bonds. The fourth-order valence-electron chi connectivity index (χ4n) is 1.88. The summed E-state index contributed by atoms with van der Waals surface area (Å²) in [6.45, 7) is 1.78. The lowest BCUT2D eigenvalue weighted by atomic mass is 10.1. The molecule has 0 unspecified atom stereocenters. The average molecular weight is 297 g/mol. The monoisotopic (exact) mass is 297 g/mol. The topological polar surface area (TPSA) is 20.3 Å². The summed E-state index contributed by atoms with van der Waals surface area (Å²) >= 11 is 0. The summed E-state index contributed by atoms with van der Waals surface area (Å²) < 4.78 is 52.2. The number of hydrogen-bond acceptors (Lipinski definition) is 1. The van der Waals surface area contributed by atoms with E-state index in [2.05, 4.69) is 0 Å². The van der Waals surface area contributed by atoms with Gasteiger partial charge in [-0.05, 0) is 37.3 Å². The van der Waals surface area contributed by atoms with Crippen LogP contribution in [0.3, 0.4) is 0 Å². The molecule has 0 spiro atoms. The molecule has 0 atom stereocenters. The van der Waals surface area contributed by atoms with Crippen molar-refractivity contribution in [3.8, 4) is 0 Å². The Bertz CT molecular complexity index is 687. The van der Waals surface area contributed by atoms with Crippen molar-refractivity contribution in [1.82, 2.24) is 0 Å². The van der Waals surface area contributed by atoms with Crippen molar-refractivity contribution in [1.29, 1.82) is 0 Å². The van der Waals surface area contributed by atoms with Crippen molar-refractivity contribution in [3.63, 3.8) is 0 Å². The molecular weight excluding hydrogens is 286 g/mol. The number of amides is 1. The Labute approximate surface area is 118 Å². The molecule has 0 saturated carbocycles. The molecule has 6 heteroatoms. The van der Waals surface area contributed by atoms with Crippen molar-refractivity contribution in [3.05, 3.63) is 65.2 Å². The van der Waals surface area contributed by atoms with E-state index < -0.39 is 29.2 Å². The number of anilines is 1. The summed E-state index contributed by atoms with van der Waals surface area (Å²) in [4.78, 5) is 13.4. The molecule has 2 nitrogen and oxygen atoms in total. The van der Waals surface area contributed by atoms with Gasteiger partial charge in [0.05, 0.1) is 0 Å². The second-order valence-corrected chi connectivity index (χ2v) is 4.28. The van der Waals surface area contributed by atoms with E-state index in [1.807, 2.05) is 0 Å². The summed E-state index contributed by atoms with van der Waals surface area (Å²) in [5.41, 5.74) is 0.0478. The van der Waals surface area contributed by atoms with E-state index in [9.17, 15) is 22.4 Å². The van der Waals surface area contributed by atoms with Crippen molar-refractivity contribution < 1.29 is 22.4 Å². The zero-order valence-electron chi connectivity index (χ0n) is 11.0. The molecule has 0 saturated heterocycles. The van der Waals surface area contributed by atoms with Gasteiger partial charge in [-0.15, -0.1) is 0 Å². The molecule has 0 fully saturated rings. The fourth-order valence-corrected chi connectivity index (χ4v) is 1.88. The third kappa shape index (κ3) is 3.04. The maximum absolute atomic E-state index is 13.2. The Kier molecular flexibility index (Phi) is 4.26. The summed E-state index contributed by atoms with van der Waals surface area (Å²) in [5.74, 6) is -4.98. The summed E-state index contributed by atoms with van der Waals surface area (Å²) in [7, 11) is 0. The molecule has 0 N–H and O–H groups in total. The first-order valence-corrected chi connectivity index (χ1v) is 6.16. The zero-order chi connectivity index (χ0) is 15.6. The maximum Gasteiger partial charge on any atom is 0.258 e. The van der Waals surface area contributed by atoms with Gasteiger partial charge in [-0.1, -0.05) is 0 Å². The lowest BCUT2D eigenvalue weighted by molar-refractivity contribution is 0.0987. The van der Waals surface area contributed by atoms with Gasteiger partial charge >= 0.3 is 0 Å². The van der Waals surface area contributed by atoms with E-state index in [0.717, 1.165) is 35.2 Å². The summed E-state index contributed by atoms with van der Waals surface area (Å²) in [6.07, 6.45) is 0. The van der Waals surface area contributed by atoms with Crippen molar-refractivity contribution in [2.75, 3.05) is 11.4 Å². The summed E-state index contributed by atoms with van der Waals surface area (Å²) in [6, 6.07) is 5.73. The highest BCUT2D eigenvalue weighted by Crippen LogP contribution is 2.20. The fraction of sp³-hybridized carbons (Fsp3) is 0.133. The van der Waals surface area contributed by atoms with Gasteiger partial charge in [0, 0.05) is 23.9 Å². The number of rotatable bonds is 3. The largest absolute Gasteiger partial charge is 0.309 e. The first-order valence-electron chi connectivity index (χ1n) is 6.16. The van der Waals surface area contributed by atoms with Crippen LogP contribution in [-0.2, 0) is 0 Å². The number of nitrogens with zero attached hydrogens (tertiary/aromatic N) is 1. The van der Waals surface area contributed by atoms with Gasteiger partial charge in [-0.25, -0.2) is 17.6 Å². The highest BCUT2D eigenvalue weighted by molar-refractivity contribution is 6.06. The van der Waals surface area contributed by atoms with Crippen LogP contribution in [0.5, 0.6) is 0 Å². The first kappa shape index (κ1) is 15.0. The number of carbonyl (C=O) groups is 1. The number of hydrogen-bond donors (Lipinski definition) is 0. The average Bonchev–Trinajstić information content (AvgIpc) is 2.46. The molecule has 2 aromatic rings. The van der Waals surface area contributed by atoms with Gasteiger partial charge in [-0.2, -0.15) is 0 Å². The molecular formula is C15H11F4NO. The van der Waals surface area contributed by atoms with Crippen molar-refractivity contribution in [2.24, 2.45) is 0 Å². The molecule has 0 aliphatic rings. The molecule has 2 rings (SSSR count). The number of carbonyl (C=O) groups excluding carboxylic acids is 1. The van der Waals surface area contributed by atoms with Gasteiger partial charge in [-0.3, -0.25) is 4.79 Å². The van der Waals surface area contributed by atoms with Crippen LogP contribution in [0.1, 0.15) is 17.3 Å². The summed E-state index contributed by atoms with van der Waals surface area (Å²) in [5, 5.41) is 0. The molecule has 0 heterocycles. The molecule has 0 aliphatic carbocycles. The van der Waals surface area contributed by atoms with Crippen LogP contribution in [0.2, 0.25) is 0 Å². The maximum atomic E-state index is 13.2. The minimum Gasteiger partial charge on any atom is -0.309 e. The Morgan fingerprint density at radius 1 is 0.905 bits per heavy atom. The van der Waals surface area contributed by atoms with Gasteiger partial charge < -0.3 is 4.90 Å². The Morgan fingerprint density at radius 2 is 1.48 bits per heavy atom. The van der Waals surface area contributed by atoms with Crippen LogP contribution < -0.4 is 4.90 Å². The van der Waals surface area contributed by atoms with E-state index >= 15 is 0 Å². The first-order chi connectivity index (χ1) is 9.93. The van der Waals surface area contributed by atoms with Crippen molar-refractivity contribution >= 4 is 11.6 Å². The van der Waals surface area contributed by atoms with Crippen molar-refractivity contribution in [2.45, 2.75) is 6.92 Å². The molecule has 110 valence electrons. The van der Waals surface area contributed by atoms with Gasteiger partial charge in [0.1, 0.15) is 0 Å². The molecule has 0 aromatic heterocycles. The molecule has 0 radical (unpaired) electrons.